The zero-order chi connectivity index (χ0) is 12.4. The molecule has 1 nitrogen and oxygen atoms in total. The lowest BCUT2D eigenvalue weighted by Gasteiger charge is -2.32. The third-order valence-electron chi connectivity index (χ3n) is 3.67. The number of nitrogens with one attached hydrogen (secondary N) is 1. The van der Waals surface area contributed by atoms with Gasteiger partial charge in [0.25, 0.3) is 0 Å². The third kappa shape index (κ3) is 2.46. The summed E-state index contributed by atoms with van der Waals surface area (Å²) >= 11 is 7.99. The van der Waals surface area contributed by atoms with Crippen molar-refractivity contribution in [3.05, 3.63) is 57.2 Å². The molecule has 1 fully saturated rings. The maximum Gasteiger partial charge on any atom is 0.0408 e. The Kier molecular flexibility index (Phi) is 3.69. The molecule has 1 aliphatic rings. The van der Waals surface area contributed by atoms with Crippen LogP contribution in [0.2, 0.25) is 5.02 Å². The van der Waals surface area contributed by atoms with Crippen molar-refractivity contribution in [2.24, 2.45) is 0 Å². The van der Waals surface area contributed by atoms with Crippen molar-refractivity contribution in [3.63, 3.8) is 0 Å². The molecule has 0 radical (unpaired) electrons. The lowest BCUT2D eigenvalue weighted by molar-refractivity contribution is 0.408. The second-order valence-corrected chi connectivity index (χ2v) is 6.19. The van der Waals surface area contributed by atoms with Crippen LogP contribution in [0.5, 0.6) is 0 Å². The Bertz CT molecular complexity index is 509. The monoisotopic (exact) mass is 277 g/mol. The van der Waals surface area contributed by atoms with Gasteiger partial charge in [0.15, 0.2) is 0 Å². The number of rotatable bonds is 2. The van der Waals surface area contributed by atoms with Gasteiger partial charge in [0.2, 0.25) is 0 Å². The molecule has 1 aromatic carbocycles. The molecule has 1 aromatic heterocycles. The largest absolute Gasteiger partial charge is 0.316 e. The van der Waals surface area contributed by atoms with Gasteiger partial charge in [-0.25, -0.2) is 0 Å². The van der Waals surface area contributed by atoms with Crippen molar-refractivity contribution >= 4 is 22.9 Å². The molecule has 18 heavy (non-hydrogen) atoms. The molecule has 94 valence electrons. The van der Waals surface area contributed by atoms with Gasteiger partial charge in [0.05, 0.1) is 0 Å². The summed E-state index contributed by atoms with van der Waals surface area (Å²) in [6, 6.07) is 12.7. The molecule has 2 heterocycles. The molecule has 1 saturated heterocycles. The number of halogens is 1. The highest BCUT2D eigenvalue weighted by Gasteiger charge is 2.28. The Morgan fingerprint density at radius 1 is 1.17 bits per heavy atom. The van der Waals surface area contributed by atoms with Crippen LogP contribution in [-0.4, -0.2) is 13.1 Å². The fourth-order valence-corrected chi connectivity index (χ4v) is 3.92. The van der Waals surface area contributed by atoms with Gasteiger partial charge in [-0.3, -0.25) is 0 Å². The molecular weight excluding hydrogens is 262 g/mol. The Balaban J connectivity index is 1.93. The smallest absolute Gasteiger partial charge is 0.0408 e. The maximum atomic E-state index is 6.12. The van der Waals surface area contributed by atoms with Crippen LogP contribution in [0.4, 0.5) is 0 Å². The molecule has 0 amide bonds. The molecule has 0 aliphatic carbocycles. The van der Waals surface area contributed by atoms with E-state index < -0.39 is 0 Å². The summed E-state index contributed by atoms with van der Waals surface area (Å²) in [7, 11) is 0. The Morgan fingerprint density at radius 2 is 2.11 bits per heavy atom. The molecule has 0 bridgehead atoms. The summed E-state index contributed by atoms with van der Waals surface area (Å²) in [5, 5.41) is 6.52. The van der Waals surface area contributed by atoms with Crippen molar-refractivity contribution in [3.8, 4) is 0 Å². The average Bonchev–Trinajstić information content (AvgIpc) is 2.92. The van der Waals surface area contributed by atoms with Crippen LogP contribution in [0.15, 0.2) is 41.8 Å². The van der Waals surface area contributed by atoms with E-state index in [1.165, 1.54) is 16.9 Å². The fraction of sp³-hybridized carbons (Fsp3) is 0.333. The number of hydrogen-bond acceptors (Lipinski definition) is 2. The Labute approximate surface area is 117 Å². The van der Waals surface area contributed by atoms with E-state index >= 15 is 0 Å². The Morgan fingerprint density at radius 3 is 2.89 bits per heavy atom. The van der Waals surface area contributed by atoms with Crippen LogP contribution in [0, 0.1) is 0 Å². The topological polar surface area (TPSA) is 12.0 Å². The minimum Gasteiger partial charge on any atom is -0.316 e. The van der Waals surface area contributed by atoms with Gasteiger partial charge < -0.3 is 5.32 Å². The van der Waals surface area contributed by atoms with E-state index in [1.807, 2.05) is 17.4 Å². The standard InChI is InChI=1S/C15H16ClNS/c16-12-4-1-3-11(9-12)14-10-17-7-6-13(14)15-5-2-8-18-15/h1-5,8-9,13-14,17H,6-7,10H2. The normalized spacial score (nSPS) is 24.1. The second kappa shape index (κ2) is 5.43. The maximum absolute atomic E-state index is 6.12. The molecule has 3 heteroatoms. The summed E-state index contributed by atoms with van der Waals surface area (Å²) in [4.78, 5) is 1.50. The van der Waals surface area contributed by atoms with E-state index in [9.17, 15) is 0 Å². The highest BCUT2D eigenvalue weighted by Crippen LogP contribution is 2.39. The predicted molar refractivity (Wildman–Crippen MR) is 78.7 cm³/mol. The van der Waals surface area contributed by atoms with Crippen molar-refractivity contribution in [1.82, 2.24) is 5.32 Å². The average molecular weight is 278 g/mol. The van der Waals surface area contributed by atoms with Crippen LogP contribution in [0.3, 0.4) is 0 Å². The number of benzene rings is 1. The van der Waals surface area contributed by atoms with E-state index in [-0.39, 0.29) is 0 Å². The summed E-state index contributed by atoms with van der Waals surface area (Å²) in [5.74, 6) is 1.17. The van der Waals surface area contributed by atoms with Crippen molar-refractivity contribution in [2.75, 3.05) is 13.1 Å². The molecule has 2 aromatic rings. The highest BCUT2D eigenvalue weighted by molar-refractivity contribution is 7.10. The molecule has 2 unspecified atom stereocenters. The lowest BCUT2D eigenvalue weighted by Crippen LogP contribution is -2.33. The zero-order valence-electron chi connectivity index (χ0n) is 10.1. The quantitative estimate of drug-likeness (QED) is 0.865. The third-order valence-corrected chi connectivity index (χ3v) is 4.91. The molecule has 1 N–H and O–H groups in total. The minimum absolute atomic E-state index is 0.538. The minimum atomic E-state index is 0.538. The van der Waals surface area contributed by atoms with Crippen LogP contribution in [0.1, 0.15) is 28.7 Å². The van der Waals surface area contributed by atoms with E-state index in [0.717, 1.165) is 18.1 Å². The van der Waals surface area contributed by atoms with Gasteiger partial charge in [-0.2, -0.15) is 0 Å². The van der Waals surface area contributed by atoms with Gasteiger partial charge in [0, 0.05) is 28.3 Å². The zero-order valence-corrected chi connectivity index (χ0v) is 11.7. The van der Waals surface area contributed by atoms with Crippen LogP contribution < -0.4 is 5.32 Å². The molecule has 2 atom stereocenters. The molecular formula is C15H16ClNS. The van der Waals surface area contributed by atoms with Crippen molar-refractivity contribution < 1.29 is 0 Å². The molecule has 0 spiro atoms. The van der Waals surface area contributed by atoms with E-state index in [2.05, 4.69) is 41.0 Å². The van der Waals surface area contributed by atoms with Gasteiger partial charge in [-0.15, -0.1) is 11.3 Å². The van der Waals surface area contributed by atoms with Gasteiger partial charge in [0.1, 0.15) is 0 Å². The van der Waals surface area contributed by atoms with Gasteiger partial charge >= 0.3 is 0 Å². The van der Waals surface area contributed by atoms with E-state index in [0.29, 0.717) is 11.8 Å². The SMILES string of the molecule is Clc1cccc(C2CNCCC2c2cccs2)c1. The van der Waals surface area contributed by atoms with E-state index in [1.54, 1.807) is 0 Å². The number of hydrogen-bond donors (Lipinski definition) is 1. The highest BCUT2D eigenvalue weighted by atomic mass is 35.5. The Hall–Kier alpha value is -0.830. The molecule has 0 saturated carbocycles. The number of thiophene rings is 1. The van der Waals surface area contributed by atoms with Crippen molar-refractivity contribution in [2.45, 2.75) is 18.3 Å². The first kappa shape index (κ1) is 12.2. The number of piperidine rings is 1. The lowest BCUT2D eigenvalue weighted by atomic mass is 9.80. The van der Waals surface area contributed by atoms with Gasteiger partial charge in [-0.1, -0.05) is 29.8 Å². The fourth-order valence-electron chi connectivity index (χ4n) is 2.79. The summed E-state index contributed by atoms with van der Waals surface area (Å²) in [6.07, 6.45) is 1.21. The summed E-state index contributed by atoms with van der Waals surface area (Å²) < 4.78 is 0. The summed E-state index contributed by atoms with van der Waals surface area (Å²) in [6.45, 7) is 2.16. The second-order valence-electron chi connectivity index (χ2n) is 4.78. The first-order valence-electron chi connectivity index (χ1n) is 6.34. The van der Waals surface area contributed by atoms with E-state index in [4.69, 9.17) is 11.6 Å². The molecule has 1 aliphatic heterocycles. The summed E-state index contributed by atoms with van der Waals surface area (Å²) in [5.41, 5.74) is 1.35. The van der Waals surface area contributed by atoms with Crippen molar-refractivity contribution in [1.29, 1.82) is 0 Å². The predicted octanol–water partition coefficient (Wildman–Crippen LogP) is 4.26. The van der Waals surface area contributed by atoms with Crippen LogP contribution >= 0.6 is 22.9 Å². The van der Waals surface area contributed by atoms with Crippen LogP contribution in [-0.2, 0) is 0 Å². The first-order valence-corrected chi connectivity index (χ1v) is 7.60. The van der Waals surface area contributed by atoms with Gasteiger partial charge in [-0.05, 0) is 42.1 Å². The molecule has 3 rings (SSSR count). The first-order chi connectivity index (χ1) is 8.84. The van der Waals surface area contributed by atoms with Crippen LogP contribution in [0.25, 0.3) is 0 Å².